The second-order valence-electron chi connectivity index (χ2n) is 8.14. The van der Waals surface area contributed by atoms with Gasteiger partial charge < -0.3 is 4.74 Å². The third-order valence-electron chi connectivity index (χ3n) is 6.40. The largest absolute Gasteiger partial charge is 0.459 e. The molecule has 0 atom stereocenters. The highest BCUT2D eigenvalue weighted by Gasteiger charge is 2.32. The van der Waals surface area contributed by atoms with Crippen molar-refractivity contribution in [3.63, 3.8) is 0 Å². The number of halogens is 2. The van der Waals surface area contributed by atoms with Gasteiger partial charge in [-0.3, -0.25) is 0 Å². The molecule has 1 saturated carbocycles. The monoisotopic (exact) mass is 380 g/mol. The van der Waals surface area contributed by atoms with E-state index in [4.69, 9.17) is 4.74 Å². The van der Waals surface area contributed by atoms with Crippen LogP contribution in [0.2, 0.25) is 18.1 Å². The number of esters is 1. The number of carbonyl (C=O) groups excluding carboxylic acids is 1. The number of rotatable bonds is 5. The van der Waals surface area contributed by atoms with Crippen molar-refractivity contribution in [1.82, 2.24) is 0 Å². The number of carbonyl (C=O) groups is 1. The molecular weight excluding hydrogens is 350 g/mol. The fourth-order valence-corrected chi connectivity index (χ4v) is 8.36. The van der Waals surface area contributed by atoms with Gasteiger partial charge in [0.2, 0.25) is 0 Å². The summed E-state index contributed by atoms with van der Waals surface area (Å²) in [5.41, 5.74) is 0.0882. The van der Waals surface area contributed by atoms with Crippen molar-refractivity contribution >= 4 is 14.8 Å². The molecule has 2 aliphatic rings. The first-order valence-corrected chi connectivity index (χ1v) is 12.7. The smallest absolute Gasteiger partial charge is 0.338 e. The van der Waals surface area contributed by atoms with Crippen LogP contribution in [0.1, 0.15) is 62.2 Å². The lowest BCUT2D eigenvalue weighted by atomic mass is 9.76. The van der Waals surface area contributed by atoms with E-state index < -0.39 is 26.4 Å². The Kier molecular flexibility index (Phi) is 6.84. The van der Waals surface area contributed by atoms with Crippen molar-refractivity contribution in [2.24, 2.45) is 11.8 Å². The Hall–Kier alpha value is -1.23. The minimum Gasteiger partial charge on any atom is -0.459 e. The average molecular weight is 381 g/mol. The maximum absolute atomic E-state index is 13.3. The Labute approximate surface area is 156 Å². The van der Waals surface area contributed by atoms with E-state index in [9.17, 15) is 13.6 Å². The molecule has 5 heteroatoms. The number of benzene rings is 1. The van der Waals surface area contributed by atoms with E-state index in [1.807, 2.05) is 0 Å². The minimum atomic E-state index is -1.01. The standard InChI is InChI=1S/C21H30F2O2Si/c1-2-11-26-12-9-16(10-13-26)15-3-6-18(7-4-15)25-21(24)17-5-8-19(22)20(23)14-17/h5,8,14-16,18,26H,2-4,6-7,9-13H2,1H3. The van der Waals surface area contributed by atoms with Crippen LogP contribution in [0, 0.1) is 23.5 Å². The lowest BCUT2D eigenvalue weighted by molar-refractivity contribution is 0.0126. The first-order valence-electron chi connectivity index (χ1n) is 10.2. The first kappa shape index (κ1) is 19.5. The Balaban J connectivity index is 1.44. The van der Waals surface area contributed by atoms with Gasteiger partial charge in [0.25, 0.3) is 0 Å². The third-order valence-corrected chi connectivity index (χ3v) is 10.1. The average Bonchev–Trinajstić information content (AvgIpc) is 2.65. The van der Waals surface area contributed by atoms with Crippen LogP contribution < -0.4 is 0 Å². The summed E-state index contributed by atoms with van der Waals surface area (Å²) in [6.07, 6.45) is 8.15. The van der Waals surface area contributed by atoms with Crippen LogP contribution >= 0.6 is 0 Å². The van der Waals surface area contributed by atoms with Crippen LogP contribution in [0.15, 0.2) is 18.2 Å². The molecule has 3 rings (SSSR count). The third kappa shape index (κ3) is 4.93. The Morgan fingerprint density at radius 1 is 1.04 bits per heavy atom. The molecule has 144 valence electrons. The number of ether oxygens (including phenoxy) is 1. The van der Waals surface area contributed by atoms with Gasteiger partial charge in [-0.25, -0.2) is 13.6 Å². The molecule has 0 spiro atoms. The summed E-state index contributed by atoms with van der Waals surface area (Å²) in [6, 6.07) is 7.72. The van der Waals surface area contributed by atoms with Gasteiger partial charge in [0.1, 0.15) is 6.10 Å². The Morgan fingerprint density at radius 3 is 2.31 bits per heavy atom. The first-order chi connectivity index (χ1) is 12.6. The predicted octanol–water partition coefficient (Wildman–Crippen LogP) is 5.73. The lowest BCUT2D eigenvalue weighted by Gasteiger charge is -2.37. The van der Waals surface area contributed by atoms with E-state index in [0.29, 0.717) is 0 Å². The van der Waals surface area contributed by atoms with Crippen molar-refractivity contribution in [3.05, 3.63) is 35.4 Å². The zero-order valence-electron chi connectivity index (χ0n) is 15.7. The van der Waals surface area contributed by atoms with Crippen LogP contribution in [0.5, 0.6) is 0 Å². The quantitative estimate of drug-likeness (QED) is 0.482. The molecule has 1 aromatic rings. The number of hydrogen-bond donors (Lipinski definition) is 0. The summed E-state index contributed by atoms with van der Waals surface area (Å²) < 4.78 is 31.8. The van der Waals surface area contributed by atoms with Crippen LogP contribution in [-0.4, -0.2) is 20.9 Å². The van der Waals surface area contributed by atoms with E-state index >= 15 is 0 Å². The van der Waals surface area contributed by atoms with Crippen molar-refractivity contribution in [3.8, 4) is 0 Å². The molecule has 0 aromatic heterocycles. The fraction of sp³-hybridized carbons (Fsp3) is 0.667. The van der Waals surface area contributed by atoms with Crippen LogP contribution in [-0.2, 0) is 4.74 Å². The summed E-state index contributed by atoms with van der Waals surface area (Å²) in [5.74, 6) is -0.842. The summed E-state index contributed by atoms with van der Waals surface area (Å²) in [6.45, 7) is 2.31. The van der Waals surface area contributed by atoms with Crippen molar-refractivity contribution in [2.45, 2.75) is 76.1 Å². The SMILES string of the molecule is CCC[SiH]1CCC(C2CCC(OC(=O)c3ccc(F)c(F)c3)CC2)CC1. The van der Waals surface area contributed by atoms with Crippen molar-refractivity contribution < 1.29 is 18.3 Å². The minimum absolute atomic E-state index is 0.0855. The van der Waals surface area contributed by atoms with Gasteiger partial charge in [-0.15, -0.1) is 0 Å². The van der Waals surface area contributed by atoms with Gasteiger partial charge in [-0.2, -0.15) is 0 Å². The van der Waals surface area contributed by atoms with Crippen LogP contribution in [0.25, 0.3) is 0 Å². The molecule has 1 aromatic carbocycles. The molecule has 1 aliphatic heterocycles. The van der Waals surface area contributed by atoms with Gasteiger partial charge in [-0.1, -0.05) is 44.3 Å². The van der Waals surface area contributed by atoms with Gasteiger partial charge in [0.05, 0.1) is 5.56 Å². The summed E-state index contributed by atoms with van der Waals surface area (Å²) in [7, 11) is -0.420. The molecule has 0 unspecified atom stereocenters. The van der Waals surface area contributed by atoms with E-state index in [1.165, 1.54) is 43.5 Å². The highest BCUT2D eigenvalue weighted by Crippen LogP contribution is 2.40. The van der Waals surface area contributed by atoms with Gasteiger partial charge in [-0.05, 0) is 55.7 Å². The maximum atomic E-state index is 13.3. The fourth-order valence-electron chi connectivity index (χ4n) is 4.88. The number of hydrogen-bond acceptors (Lipinski definition) is 2. The molecule has 1 heterocycles. The van der Waals surface area contributed by atoms with Crippen LogP contribution in [0.4, 0.5) is 8.78 Å². The molecule has 0 bridgehead atoms. The highest BCUT2D eigenvalue weighted by molar-refractivity contribution is 6.58. The summed E-state index contributed by atoms with van der Waals surface area (Å²) >= 11 is 0. The Bertz CT molecular complexity index is 606. The lowest BCUT2D eigenvalue weighted by Crippen LogP contribution is -2.31. The second kappa shape index (κ2) is 9.11. The van der Waals surface area contributed by atoms with Crippen LogP contribution in [0.3, 0.4) is 0 Å². The maximum Gasteiger partial charge on any atom is 0.338 e. The molecule has 26 heavy (non-hydrogen) atoms. The van der Waals surface area contributed by atoms with E-state index in [-0.39, 0.29) is 11.7 Å². The molecular formula is C21H30F2O2Si. The van der Waals surface area contributed by atoms with Crippen molar-refractivity contribution in [1.29, 1.82) is 0 Å². The zero-order chi connectivity index (χ0) is 18.5. The molecule has 1 saturated heterocycles. The van der Waals surface area contributed by atoms with E-state index in [1.54, 1.807) is 0 Å². The molecule has 1 aliphatic carbocycles. The van der Waals surface area contributed by atoms with Gasteiger partial charge in [0, 0.05) is 8.80 Å². The topological polar surface area (TPSA) is 26.3 Å². The Morgan fingerprint density at radius 2 is 1.69 bits per heavy atom. The zero-order valence-corrected chi connectivity index (χ0v) is 16.8. The van der Waals surface area contributed by atoms with Gasteiger partial charge >= 0.3 is 5.97 Å². The normalized spacial score (nSPS) is 29.3. The molecule has 2 fully saturated rings. The molecule has 0 amide bonds. The van der Waals surface area contributed by atoms with Crippen molar-refractivity contribution in [2.75, 3.05) is 0 Å². The predicted molar refractivity (Wildman–Crippen MR) is 102 cm³/mol. The molecule has 0 radical (unpaired) electrons. The molecule has 0 N–H and O–H groups in total. The summed E-state index contributed by atoms with van der Waals surface area (Å²) in [4.78, 5) is 12.2. The highest BCUT2D eigenvalue weighted by atomic mass is 28.3. The second-order valence-corrected chi connectivity index (χ2v) is 11.6. The van der Waals surface area contributed by atoms with Gasteiger partial charge in [0.15, 0.2) is 11.6 Å². The van der Waals surface area contributed by atoms with E-state index in [2.05, 4.69) is 6.92 Å². The molecule has 2 nitrogen and oxygen atoms in total. The summed E-state index contributed by atoms with van der Waals surface area (Å²) in [5, 5.41) is 0. The van der Waals surface area contributed by atoms with E-state index in [0.717, 1.165) is 49.7 Å².